The van der Waals surface area contributed by atoms with Gasteiger partial charge in [0.05, 0.1) is 12.5 Å². The summed E-state index contributed by atoms with van der Waals surface area (Å²) in [5, 5.41) is 3.26. The molecule has 2 rings (SSSR count). The van der Waals surface area contributed by atoms with Gasteiger partial charge in [0.15, 0.2) is 5.82 Å². The minimum Gasteiger partial charge on any atom is -0.370 e. The summed E-state index contributed by atoms with van der Waals surface area (Å²) in [5.74, 6) is 1.57. The Morgan fingerprint density at radius 3 is 2.94 bits per heavy atom. The molecule has 0 aliphatic rings. The molecule has 0 fully saturated rings. The Labute approximate surface area is 107 Å². The lowest BCUT2D eigenvalue weighted by Crippen LogP contribution is -2.06. The minimum absolute atomic E-state index is 0.346. The van der Waals surface area contributed by atoms with Crippen LogP contribution in [-0.4, -0.2) is 26.1 Å². The number of imidazole rings is 1. The second kappa shape index (κ2) is 5.62. The van der Waals surface area contributed by atoms with Crippen molar-refractivity contribution in [3.05, 3.63) is 24.8 Å². The van der Waals surface area contributed by atoms with Crippen LogP contribution in [0.15, 0.2) is 24.8 Å². The van der Waals surface area contributed by atoms with Gasteiger partial charge < -0.3 is 9.88 Å². The van der Waals surface area contributed by atoms with Crippen molar-refractivity contribution in [2.24, 2.45) is 0 Å². The maximum absolute atomic E-state index is 4.51. The van der Waals surface area contributed by atoms with Crippen molar-refractivity contribution in [1.82, 2.24) is 19.5 Å². The van der Waals surface area contributed by atoms with Gasteiger partial charge in [-0.15, -0.1) is 0 Å². The van der Waals surface area contributed by atoms with E-state index >= 15 is 0 Å². The van der Waals surface area contributed by atoms with Crippen molar-refractivity contribution in [2.45, 2.75) is 33.2 Å². The maximum atomic E-state index is 4.51. The van der Waals surface area contributed by atoms with Crippen LogP contribution in [0.1, 0.15) is 33.2 Å². The van der Waals surface area contributed by atoms with E-state index in [1.807, 2.05) is 12.4 Å². The summed E-state index contributed by atoms with van der Waals surface area (Å²) >= 11 is 0. The number of hydrogen-bond donors (Lipinski definition) is 1. The molecule has 0 unspecified atom stereocenters. The van der Waals surface area contributed by atoms with Crippen molar-refractivity contribution in [3.63, 3.8) is 0 Å². The van der Waals surface area contributed by atoms with Crippen molar-refractivity contribution in [2.75, 3.05) is 11.9 Å². The van der Waals surface area contributed by atoms with Crippen LogP contribution in [-0.2, 0) is 0 Å². The summed E-state index contributed by atoms with van der Waals surface area (Å²) in [6, 6.07) is 2.23. The number of hydrogen-bond acceptors (Lipinski definition) is 4. The van der Waals surface area contributed by atoms with Crippen LogP contribution in [0.4, 0.5) is 5.82 Å². The van der Waals surface area contributed by atoms with Crippen LogP contribution >= 0.6 is 0 Å². The predicted molar refractivity (Wildman–Crippen MR) is 72.4 cm³/mol. The highest BCUT2D eigenvalue weighted by molar-refractivity contribution is 5.51. The van der Waals surface area contributed by atoms with Gasteiger partial charge in [0.25, 0.3) is 0 Å². The molecule has 0 radical (unpaired) electrons. The van der Waals surface area contributed by atoms with E-state index in [0.29, 0.717) is 11.9 Å². The van der Waals surface area contributed by atoms with E-state index in [1.54, 1.807) is 12.4 Å². The molecule has 0 aliphatic heterocycles. The molecule has 0 aliphatic carbocycles. The van der Waals surface area contributed by atoms with Gasteiger partial charge in [0.1, 0.15) is 11.5 Å². The first-order valence-electron chi connectivity index (χ1n) is 6.31. The number of aromatic nitrogens is 4. The van der Waals surface area contributed by atoms with E-state index in [1.165, 1.54) is 0 Å². The Balaban J connectivity index is 2.29. The van der Waals surface area contributed by atoms with Crippen molar-refractivity contribution < 1.29 is 0 Å². The Morgan fingerprint density at radius 1 is 1.39 bits per heavy atom. The molecule has 0 bridgehead atoms. The van der Waals surface area contributed by atoms with Gasteiger partial charge in [-0.3, -0.25) is 0 Å². The van der Waals surface area contributed by atoms with Crippen LogP contribution < -0.4 is 5.32 Å². The predicted octanol–water partition coefficient (Wildman–Crippen LogP) is 2.74. The first kappa shape index (κ1) is 12.5. The molecule has 0 aromatic carbocycles. The van der Waals surface area contributed by atoms with E-state index in [2.05, 4.69) is 45.6 Å². The molecule has 0 saturated carbocycles. The molecule has 2 heterocycles. The molecular formula is C13H19N5. The Morgan fingerprint density at radius 2 is 2.22 bits per heavy atom. The topological polar surface area (TPSA) is 55.6 Å². The molecule has 0 spiro atoms. The third kappa shape index (κ3) is 2.67. The highest BCUT2D eigenvalue weighted by Crippen LogP contribution is 2.19. The standard InChI is InChI=1S/C13H19N5/c1-4-6-15-12-5-7-16-13(17-12)11-8-14-9-18(11)10(2)3/h5,7-10H,4,6H2,1-3H3,(H,15,16,17). The lowest BCUT2D eigenvalue weighted by Gasteiger charge is -2.11. The monoisotopic (exact) mass is 245 g/mol. The summed E-state index contributed by atoms with van der Waals surface area (Å²) in [6.07, 6.45) is 6.47. The largest absolute Gasteiger partial charge is 0.370 e. The molecule has 0 saturated heterocycles. The van der Waals surface area contributed by atoms with E-state index in [9.17, 15) is 0 Å². The number of nitrogens with zero attached hydrogens (tertiary/aromatic N) is 4. The third-order valence-electron chi connectivity index (χ3n) is 2.66. The molecule has 5 heteroatoms. The van der Waals surface area contributed by atoms with Crippen LogP contribution in [0.2, 0.25) is 0 Å². The molecule has 96 valence electrons. The highest BCUT2D eigenvalue weighted by atomic mass is 15.1. The van der Waals surface area contributed by atoms with Gasteiger partial charge in [0, 0.05) is 18.8 Å². The van der Waals surface area contributed by atoms with Gasteiger partial charge in [-0.2, -0.15) is 0 Å². The first-order valence-corrected chi connectivity index (χ1v) is 6.31. The number of anilines is 1. The molecular weight excluding hydrogens is 226 g/mol. The zero-order valence-electron chi connectivity index (χ0n) is 11.1. The first-order chi connectivity index (χ1) is 8.72. The average Bonchev–Trinajstić information content (AvgIpc) is 2.86. The van der Waals surface area contributed by atoms with Crippen LogP contribution in [0.5, 0.6) is 0 Å². The number of nitrogens with one attached hydrogen (secondary N) is 1. The van der Waals surface area contributed by atoms with Crippen molar-refractivity contribution >= 4 is 5.82 Å². The van der Waals surface area contributed by atoms with Gasteiger partial charge in [-0.25, -0.2) is 15.0 Å². The lowest BCUT2D eigenvalue weighted by atomic mass is 10.3. The number of rotatable bonds is 5. The van der Waals surface area contributed by atoms with Gasteiger partial charge in [0.2, 0.25) is 0 Å². The molecule has 18 heavy (non-hydrogen) atoms. The maximum Gasteiger partial charge on any atom is 0.179 e. The molecule has 0 atom stereocenters. The molecule has 2 aromatic rings. The summed E-state index contributed by atoms with van der Waals surface area (Å²) in [7, 11) is 0. The van der Waals surface area contributed by atoms with Crippen LogP contribution in [0.25, 0.3) is 11.5 Å². The van der Waals surface area contributed by atoms with Gasteiger partial charge >= 0.3 is 0 Å². The lowest BCUT2D eigenvalue weighted by molar-refractivity contribution is 0.603. The second-order valence-electron chi connectivity index (χ2n) is 4.47. The summed E-state index contributed by atoms with van der Waals surface area (Å²) in [6.45, 7) is 7.28. The van der Waals surface area contributed by atoms with Gasteiger partial charge in [-0.1, -0.05) is 6.92 Å². The van der Waals surface area contributed by atoms with E-state index < -0.39 is 0 Å². The fourth-order valence-electron chi connectivity index (χ4n) is 1.72. The zero-order valence-corrected chi connectivity index (χ0v) is 11.1. The quantitative estimate of drug-likeness (QED) is 0.880. The Bertz CT molecular complexity index is 504. The summed E-state index contributed by atoms with van der Waals surface area (Å²) in [5.41, 5.74) is 0.949. The van der Waals surface area contributed by atoms with E-state index in [0.717, 1.165) is 24.5 Å². The SMILES string of the molecule is CCCNc1ccnc(-c2cncn2C(C)C)n1. The van der Waals surface area contributed by atoms with Crippen molar-refractivity contribution in [3.8, 4) is 11.5 Å². The zero-order chi connectivity index (χ0) is 13.0. The fourth-order valence-corrected chi connectivity index (χ4v) is 1.72. The van der Waals surface area contributed by atoms with E-state index in [-0.39, 0.29) is 0 Å². The van der Waals surface area contributed by atoms with Gasteiger partial charge in [-0.05, 0) is 26.3 Å². The molecule has 0 amide bonds. The highest BCUT2D eigenvalue weighted by Gasteiger charge is 2.10. The summed E-state index contributed by atoms with van der Waals surface area (Å²) < 4.78 is 2.07. The minimum atomic E-state index is 0.346. The normalized spacial score (nSPS) is 10.9. The van der Waals surface area contributed by atoms with Crippen molar-refractivity contribution in [1.29, 1.82) is 0 Å². The smallest absolute Gasteiger partial charge is 0.179 e. The fraction of sp³-hybridized carbons (Fsp3) is 0.462. The third-order valence-corrected chi connectivity index (χ3v) is 2.66. The molecule has 1 N–H and O–H groups in total. The van der Waals surface area contributed by atoms with Crippen LogP contribution in [0.3, 0.4) is 0 Å². The Kier molecular flexibility index (Phi) is 3.92. The molecule has 2 aromatic heterocycles. The Hall–Kier alpha value is -1.91. The molecule has 5 nitrogen and oxygen atoms in total. The van der Waals surface area contributed by atoms with Crippen LogP contribution in [0, 0.1) is 0 Å². The second-order valence-corrected chi connectivity index (χ2v) is 4.47. The average molecular weight is 245 g/mol. The van der Waals surface area contributed by atoms with E-state index in [4.69, 9.17) is 0 Å². The summed E-state index contributed by atoms with van der Waals surface area (Å²) in [4.78, 5) is 13.0.